The number of fused-ring (bicyclic) bond motifs is 1. The maximum absolute atomic E-state index is 14.3. The van der Waals surface area contributed by atoms with E-state index in [1.54, 1.807) is 19.9 Å². The lowest BCUT2D eigenvalue weighted by Crippen LogP contribution is -2.50. The third-order valence-corrected chi connectivity index (χ3v) is 5.91. The number of alkyl halides is 3. The fourth-order valence-electron chi connectivity index (χ4n) is 4.44. The summed E-state index contributed by atoms with van der Waals surface area (Å²) in [5, 5.41) is 11.6. The number of hydrogen-bond donors (Lipinski definition) is 1. The lowest BCUT2D eigenvalue weighted by molar-refractivity contribution is -0.266. The summed E-state index contributed by atoms with van der Waals surface area (Å²) >= 11 is 0. The van der Waals surface area contributed by atoms with E-state index in [4.69, 9.17) is 4.74 Å². The van der Waals surface area contributed by atoms with Crippen LogP contribution in [0.3, 0.4) is 0 Å². The second-order valence-electron chi connectivity index (χ2n) is 9.06. The van der Waals surface area contributed by atoms with Crippen LogP contribution in [0, 0.1) is 19.7 Å². The number of methoxy groups -OCH3 is 1. The Kier molecular flexibility index (Phi) is 6.26. The van der Waals surface area contributed by atoms with E-state index in [1.807, 2.05) is 19.9 Å². The molecule has 172 valence electrons. The average Bonchev–Trinajstić information content (AvgIpc) is 2.67. The molecule has 3 rings (SSSR count). The van der Waals surface area contributed by atoms with Crippen LogP contribution >= 0.6 is 0 Å². The van der Waals surface area contributed by atoms with Crippen LogP contribution in [-0.4, -0.2) is 29.0 Å². The quantitative estimate of drug-likeness (QED) is 0.456. The van der Waals surface area contributed by atoms with E-state index in [1.165, 1.54) is 31.5 Å². The summed E-state index contributed by atoms with van der Waals surface area (Å²) in [4.78, 5) is 4.31. The molecule has 0 amide bonds. The molecule has 2 aromatic carbocycles. The first-order valence-electron chi connectivity index (χ1n) is 10.3. The third kappa shape index (κ3) is 4.58. The van der Waals surface area contributed by atoms with Gasteiger partial charge in [-0.25, -0.2) is 4.39 Å². The van der Waals surface area contributed by atoms with Crippen molar-refractivity contribution < 1.29 is 27.4 Å². The average molecular weight is 449 g/mol. The van der Waals surface area contributed by atoms with Gasteiger partial charge in [-0.2, -0.15) is 13.2 Å². The van der Waals surface area contributed by atoms with Crippen LogP contribution in [-0.2, 0) is 11.8 Å². The van der Waals surface area contributed by atoms with Gasteiger partial charge in [-0.3, -0.25) is 4.98 Å². The highest BCUT2D eigenvalue weighted by molar-refractivity contribution is 5.85. The van der Waals surface area contributed by atoms with E-state index in [9.17, 15) is 22.7 Å². The number of aryl methyl sites for hydroxylation is 2. The molecule has 3 nitrogen and oxygen atoms in total. The van der Waals surface area contributed by atoms with Gasteiger partial charge in [-0.1, -0.05) is 25.5 Å². The minimum atomic E-state index is -4.92. The fraction of sp³-hybridized carbons (Fsp3) is 0.400. The van der Waals surface area contributed by atoms with E-state index in [0.29, 0.717) is 16.5 Å². The molecular weight excluding hydrogens is 422 g/mol. The van der Waals surface area contributed by atoms with Gasteiger partial charge >= 0.3 is 6.18 Å². The molecule has 0 saturated heterocycles. The van der Waals surface area contributed by atoms with Gasteiger partial charge in [0.1, 0.15) is 11.6 Å². The molecule has 1 N–H and O–H groups in total. The zero-order chi connectivity index (χ0) is 23.9. The normalized spacial score (nSPS) is 14.4. The Balaban J connectivity index is 2.09. The van der Waals surface area contributed by atoms with Crippen molar-refractivity contribution in [2.45, 2.75) is 57.7 Å². The van der Waals surface area contributed by atoms with Gasteiger partial charge in [0.25, 0.3) is 0 Å². The summed E-state index contributed by atoms with van der Waals surface area (Å²) in [5.74, 6) is -0.322. The number of pyridine rings is 1. The summed E-state index contributed by atoms with van der Waals surface area (Å²) < 4.78 is 62.0. The molecule has 0 fully saturated rings. The molecule has 0 aliphatic rings. The van der Waals surface area contributed by atoms with Gasteiger partial charge in [0, 0.05) is 23.6 Å². The minimum Gasteiger partial charge on any atom is -0.496 e. The van der Waals surface area contributed by atoms with E-state index in [-0.39, 0.29) is 11.3 Å². The highest BCUT2D eigenvalue weighted by Gasteiger charge is 2.56. The standard InChI is InChI=1S/C25H27F4NO2/c1-15-10-16(2)22-19(11-15)17(8-9-30-22)13-24(31,25(27,28)29)14-23(3,4)20-12-18(26)6-7-21(20)32-5/h6-12,31H,13-14H2,1-5H3. The van der Waals surface area contributed by atoms with Gasteiger partial charge in [0.15, 0.2) is 5.60 Å². The number of aliphatic hydroxyl groups is 1. The molecule has 0 bridgehead atoms. The highest BCUT2D eigenvalue weighted by atomic mass is 19.4. The predicted molar refractivity (Wildman–Crippen MR) is 117 cm³/mol. The van der Waals surface area contributed by atoms with Crippen LogP contribution in [0.15, 0.2) is 42.6 Å². The molecule has 1 heterocycles. The van der Waals surface area contributed by atoms with E-state index in [2.05, 4.69) is 4.98 Å². The van der Waals surface area contributed by atoms with Crippen LogP contribution in [0.1, 0.15) is 42.5 Å². The minimum absolute atomic E-state index is 0.258. The van der Waals surface area contributed by atoms with E-state index < -0.39 is 35.9 Å². The van der Waals surface area contributed by atoms with E-state index >= 15 is 0 Å². The molecule has 0 aliphatic heterocycles. The first kappa shape index (κ1) is 24.0. The summed E-state index contributed by atoms with van der Waals surface area (Å²) in [5.41, 5.74) is -1.35. The Hall–Kier alpha value is -2.67. The molecule has 7 heteroatoms. The second kappa shape index (κ2) is 8.35. The lowest BCUT2D eigenvalue weighted by atomic mass is 9.72. The zero-order valence-electron chi connectivity index (χ0n) is 18.8. The van der Waals surface area contributed by atoms with Crippen molar-refractivity contribution in [3.63, 3.8) is 0 Å². The zero-order valence-corrected chi connectivity index (χ0v) is 18.8. The van der Waals surface area contributed by atoms with Crippen LogP contribution in [0.25, 0.3) is 10.9 Å². The maximum atomic E-state index is 14.3. The van der Waals surface area contributed by atoms with Crippen LogP contribution < -0.4 is 4.74 Å². The molecule has 1 aromatic heterocycles. The Morgan fingerprint density at radius 3 is 2.34 bits per heavy atom. The number of nitrogens with zero attached hydrogens (tertiary/aromatic N) is 1. The molecular formula is C25H27F4NO2. The maximum Gasteiger partial charge on any atom is 0.417 e. The molecule has 0 aliphatic carbocycles. The Bertz CT molecular complexity index is 1140. The summed E-state index contributed by atoms with van der Waals surface area (Å²) in [7, 11) is 1.37. The van der Waals surface area contributed by atoms with Crippen LogP contribution in [0.4, 0.5) is 17.6 Å². The number of ether oxygens (including phenoxy) is 1. The first-order chi connectivity index (χ1) is 14.8. The third-order valence-electron chi connectivity index (χ3n) is 5.91. The molecule has 0 radical (unpaired) electrons. The molecule has 0 spiro atoms. The Morgan fingerprint density at radius 1 is 1.03 bits per heavy atom. The van der Waals surface area contributed by atoms with Crippen LogP contribution in [0.5, 0.6) is 5.75 Å². The SMILES string of the molecule is COc1ccc(F)cc1C(C)(C)CC(O)(Cc1ccnc2c(C)cc(C)cc12)C(F)(F)F. The lowest BCUT2D eigenvalue weighted by Gasteiger charge is -2.38. The van der Waals surface area contributed by atoms with Gasteiger partial charge in [0.05, 0.1) is 12.6 Å². The summed E-state index contributed by atoms with van der Waals surface area (Å²) in [6.07, 6.45) is -4.80. The fourth-order valence-corrected chi connectivity index (χ4v) is 4.44. The number of benzene rings is 2. The van der Waals surface area contributed by atoms with Crippen molar-refractivity contribution in [1.82, 2.24) is 4.98 Å². The Morgan fingerprint density at radius 2 is 1.72 bits per heavy atom. The highest BCUT2D eigenvalue weighted by Crippen LogP contribution is 2.45. The number of aromatic nitrogens is 1. The number of rotatable bonds is 6. The van der Waals surface area contributed by atoms with Crippen molar-refractivity contribution >= 4 is 10.9 Å². The van der Waals surface area contributed by atoms with Crippen molar-refractivity contribution in [2.24, 2.45) is 0 Å². The van der Waals surface area contributed by atoms with E-state index in [0.717, 1.165) is 17.2 Å². The second-order valence-corrected chi connectivity index (χ2v) is 9.06. The van der Waals surface area contributed by atoms with Gasteiger partial charge in [0.2, 0.25) is 0 Å². The van der Waals surface area contributed by atoms with Gasteiger partial charge in [-0.05, 0) is 67.1 Å². The first-order valence-corrected chi connectivity index (χ1v) is 10.3. The predicted octanol–water partition coefficient (Wildman–Crippen LogP) is 6.20. The summed E-state index contributed by atoms with van der Waals surface area (Å²) in [6.45, 7) is 6.79. The molecule has 1 atom stereocenters. The van der Waals surface area contributed by atoms with Gasteiger partial charge in [-0.15, -0.1) is 0 Å². The molecule has 3 aromatic rings. The monoisotopic (exact) mass is 449 g/mol. The van der Waals surface area contributed by atoms with Crippen molar-refractivity contribution in [1.29, 1.82) is 0 Å². The van der Waals surface area contributed by atoms with Crippen molar-refractivity contribution in [2.75, 3.05) is 7.11 Å². The smallest absolute Gasteiger partial charge is 0.417 e. The largest absolute Gasteiger partial charge is 0.496 e. The number of halogens is 4. The topological polar surface area (TPSA) is 42.4 Å². The molecule has 0 saturated carbocycles. The van der Waals surface area contributed by atoms with Crippen molar-refractivity contribution in [3.8, 4) is 5.75 Å². The Labute approximate surface area is 185 Å². The van der Waals surface area contributed by atoms with Gasteiger partial charge < -0.3 is 9.84 Å². The summed E-state index contributed by atoms with van der Waals surface area (Å²) in [6, 6.07) is 8.91. The van der Waals surface area contributed by atoms with Crippen molar-refractivity contribution in [3.05, 3.63) is 70.7 Å². The molecule has 32 heavy (non-hydrogen) atoms. The number of hydrogen-bond acceptors (Lipinski definition) is 3. The van der Waals surface area contributed by atoms with Crippen LogP contribution in [0.2, 0.25) is 0 Å². The molecule has 1 unspecified atom stereocenters.